The summed E-state index contributed by atoms with van der Waals surface area (Å²) in [7, 11) is 0. The van der Waals surface area contributed by atoms with Crippen LogP contribution in [-0.4, -0.2) is 18.2 Å². The molecule has 1 fully saturated rings. The van der Waals surface area contributed by atoms with E-state index in [1.54, 1.807) is 6.07 Å². The third kappa shape index (κ3) is 5.47. The lowest BCUT2D eigenvalue weighted by atomic mass is 9.93. The summed E-state index contributed by atoms with van der Waals surface area (Å²) in [4.78, 5) is 12.0. The Bertz CT molecular complexity index is 772. The normalized spacial score (nSPS) is 19.5. The molecule has 0 bridgehead atoms. The summed E-state index contributed by atoms with van der Waals surface area (Å²) in [6.45, 7) is -0.110. The molecule has 0 unspecified atom stereocenters. The molecule has 0 radical (unpaired) electrons. The number of anilines is 1. The average molecular weight is 378 g/mol. The maximum absolute atomic E-state index is 13.6. The zero-order chi connectivity index (χ0) is 19.2. The number of urea groups is 1. The number of ether oxygens (including phenoxy) is 1. The molecular formula is C20H21F3N2O2. The number of benzene rings is 2. The largest absolute Gasteiger partial charge is 0.373 e. The fourth-order valence-corrected chi connectivity index (χ4v) is 3.16. The van der Waals surface area contributed by atoms with Gasteiger partial charge in [0.2, 0.25) is 0 Å². The summed E-state index contributed by atoms with van der Waals surface area (Å²) in [6, 6.07) is 8.99. The van der Waals surface area contributed by atoms with Gasteiger partial charge in [0, 0.05) is 17.3 Å². The van der Waals surface area contributed by atoms with E-state index >= 15 is 0 Å². The molecule has 0 heterocycles. The Kier molecular flexibility index (Phi) is 6.34. The molecule has 2 N–H and O–H groups in total. The SMILES string of the molecule is O=C(Nc1cccc(F)c1)N[C@H]1CC[C@H](OCc2c(F)cccc2F)CC1. The van der Waals surface area contributed by atoms with Gasteiger partial charge in [0.1, 0.15) is 17.5 Å². The summed E-state index contributed by atoms with van der Waals surface area (Å²) in [5.74, 6) is -1.64. The number of hydrogen-bond donors (Lipinski definition) is 2. The standard InChI is InChI=1S/C20H21F3N2O2/c21-13-3-1-4-15(11-13)25-20(26)24-14-7-9-16(10-8-14)27-12-17-18(22)5-2-6-19(17)23/h1-6,11,14,16H,7-10,12H2,(H2,24,25,26)/t14-,16-. The van der Waals surface area contributed by atoms with Crippen LogP contribution in [0.15, 0.2) is 42.5 Å². The summed E-state index contributed by atoms with van der Waals surface area (Å²) in [5, 5.41) is 5.45. The third-order valence-electron chi connectivity index (χ3n) is 4.62. The van der Waals surface area contributed by atoms with Crippen molar-refractivity contribution in [1.29, 1.82) is 0 Å². The molecule has 2 aromatic rings. The first-order valence-corrected chi connectivity index (χ1v) is 8.89. The fourth-order valence-electron chi connectivity index (χ4n) is 3.16. The van der Waals surface area contributed by atoms with Crippen molar-refractivity contribution in [2.75, 3.05) is 5.32 Å². The highest BCUT2D eigenvalue weighted by Crippen LogP contribution is 2.23. The van der Waals surface area contributed by atoms with Crippen molar-refractivity contribution < 1.29 is 22.7 Å². The van der Waals surface area contributed by atoms with Crippen molar-refractivity contribution in [3.05, 3.63) is 65.5 Å². The lowest BCUT2D eigenvalue weighted by Crippen LogP contribution is -2.41. The average Bonchev–Trinajstić information content (AvgIpc) is 2.62. The van der Waals surface area contributed by atoms with Crippen molar-refractivity contribution >= 4 is 11.7 Å². The van der Waals surface area contributed by atoms with Gasteiger partial charge in [0.05, 0.1) is 12.7 Å². The summed E-state index contributed by atoms with van der Waals surface area (Å²) < 4.78 is 46.0. The van der Waals surface area contributed by atoms with E-state index in [1.165, 1.54) is 36.4 Å². The molecule has 0 spiro atoms. The maximum atomic E-state index is 13.6. The van der Waals surface area contributed by atoms with Crippen LogP contribution in [-0.2, 0) is 11.3 Å². The van der Waals surface area contributed by atoms with Gasteiger partial charge in [-0.25, -0.2) is 18.0 Å². The molecule has 144 valence electrons. The summed E-state index contributed by atoms with van der Waals surface area (Å²) in [5.41, 5.74) is 0.323. The summed E-state index contributed by atoms with van der Waals surface area (Å²) >= 11 is 0. The first-order valence-electron chi connectivity index (χ1n) is 8.89. The van der Waals surface area contributed by atoms with Crippen LogP contribution in [0.1, 0.15) is 31.2 Å². The molecule has 0 aliphatic heterocycles. The Labute approximate surface area is 155 Å². The van der Waals surface area contributed by atoms with Crippen LogP contribution >= 0.6 is 0 Å². The molecule has 0 saturated heterocycles. The van der Waals surface area contributed by atoms with Gasteiger partial charge in [-0.15, -0.1) is 0 Å². The quantitative estimate of drug-likeness (QED) is 0.789. The van der Waals surface area contributed by atoms with Gasteiger partial charge < -0.3 is 15.4 Å². The van der Waals surface area contributed by atoms with Crippen LogP contribution in [0.25, 0.3) is 0 Å². The highest BCUT2D eigenvalue weighted by Gasteiger charge is 2.23. The molecule has 1 aliphatic carbocycles. The lowest BCUT2D eigenvalue weighted by Gasteiger charge is -2.29. The summed E-state index contributed by atoms with van der Waals surface area (Å²) in [6.07, 6.45) is 2.65. The van der Waals surface area contributed by atoms with Gasteiger partial charge >= 0.3 is 6.03 Å². The van der Waals surface area contributed by atoms with Crippen LogP contribution in [0, 0.1) is 17.5 Å². The van der Waals surface area contributed by atoms with E-state index in [0.717, 1.165) is 0 Å². The molecule has 2 amide bonds. The minimum absolute atomic E-state index is 0.0244. The molecule has 0 aromatic heterocycles. The number of halogens is 3. The van der Waals surface area contributed by atoms with Crippen LogP contribution in [0.3, 0.4) is 0 Å². The molecule has 0 atom stereocenters. The van der Waals surface area contributed by atoms with E-state index in [2.05, 4.69) is 10.6 Å². The Morgan fingerprint density at radius 2 is 1.67 bits per heavy atom. The van der Waals surface area contributed by atoms with Crippen molar-refractivity contribution in [3.63, 3.8) is 0 Å². The van der Waals surface area contributed by atoms with Gasteiger partial charge in [0.25, 0.3) is 0 Å². The Morgan fingerprint density at radius 3 is 2.33 bits per heavy atom. The highest BCUT2D eigenvalue weighted by molar-refractivity contribution is 5.89. The maximum Gasteiger partial charge on any atom is 0.319 e. The van der Waals surface area contributed by atoms with E-state index in [0.29, 0.717) is 31.4 Å². The zero-order valence-corrected chi connectivity index (χ0v) is 14.7. The molecule has 1 saturated carbocycles. The van der Waals surface area contributed by atoms with Gasteiger partial charge in [-0.05, 0) is 56.0 Å². The second-order valence-electron chi connectivity index (χ2n) is 6.59. The first-order chi connectivity index (χ1) is 13.0. The third-order valence-corrected chi connectivity index (χ3v) is 4.62. The molecule has 1 aliphatic rings. The Balaban J connectivity index is 1.41. The fraction of sp³-hybridized carbons (Fsp3) is 0.350. The molecule has 3 rings (SSSR count). The number of hydrogen-bond acceptors (Lipinski definition) is 2. The number of carbonyl (C=O) groups is 1. The molecular weight excluding hydrogens is 357 g/mol. The zero-order valence-electron chi connectivity index (χ0n) is 14.7. The predicted molar refractivity (Wildman–Crippen MR) is 95.7 cm³/mol. The number of nitrogens with one attached hydrogen (secondary N) is 2. The van der Waals surface area contributed by atoms with E-state index in [-0.39, 0.29) is 24.3 Å². The Morgan fingerprint density at radius 1 is 1.00 bits per heavy atom. The van der Waals surface area contributed by atoms with Crippen LogP contribution in [0.5, 0.6) is 0 Å². The number of carbonyl (C=O) groups excluding carboxylic acids is 1. The van der Waals surface area contributed by atoms with E-state index < -0.39 is 23.5 Å². The van der Waals surface area contributed by atoms with Crippen molar-refractivity contribution in [2.24, 2.45) is 0 Å². The van der Waals surface area contributed by atoms with Crippen LogP contribution < -0.4 is 10.6 Å². The number of rotatable bonds is 5. The van der Waals surface area contributed by atoms with Crippen molar-refractivity contribution in [2.45, 2.75) is 44.4 Å². The molecule has 2 aromatic carbocycles. The lowest BCUT2D eigenvalue weighted by molar-refractivity contribution is 0.00964. The monoisotopic (exact) mass is 378 g/mol. The van der Waals surface area contributed by atoms with E-state index in [1.807, 2.05) is 0 Å². The highest BCUT2D eigenvalue weighted by atomic mass is 19.1. The molecule has 7 heteroatoms. The second-order valence-corrected chi connectivity index (χ2v) is 6.59. The van der Waals surface area contributed by atoms with Gasteiger partial charge in [-0.1, -0.05) is 12.1 Å². The van der Waals surface area contributed by atoms with Gasteiger partial charge in [-0.2, -0.15) is 0 Å². The molecule has 4 nitrogen and oxygen atoms in total. The van der Waals surface area contributed by atoms with Crippen molar-refractivity contribution in [1.82, 2.24) is 5.32 Å². The minimum Gasteiger partial charge on any atom is -0.373 e. The second kappa shape index (κ2) is 8.90. The molecule has 27 heavy (non-hydrogen) atoms. The van der Waals surface area contributed by atoms with Crippen LogP contribution in [0.2, 0.25) is 0 Å². The first kappa shape index (κ1) is 19.2. The van der Waals surface area contributed by atoms with E-state index in [4.69, 9.17) is 4.74 Å². The van der Waals surface area contributed by atoms with Gasteiger partial charge in [-0.3, -0.25) is 0 Å². The smallest absolute Gasteiger partial charge is 0.319 e. The minimum atomic E-state index is -0.612. The predicted octanol–water partition coefficient (Wildman–Crippen LogP) is 4.75. The van der Waals surface area contributed by atoms with E-state index in [9.17, 15) is 18.0 Å². The number of amides is 2. The Hall–Kier alpha value is -2.54. The topological polar surface area (TPSA) is 50.4 Å². The van der Waals surface area contributed by atoms with Crippen LogP contribution in [0.4, 0.5) is 23.7 Å². The van der Waals surface area contributed by atoms with Gasteiger partial charge in [0.15, 0.2) is 0 Å². The van der Waals surface area contributed by atoms with Crippen molar-refractivity contribution in [3.8, 4) is 0 Å².